The summed E-state index contributed by atoms with van der Waals surface area (Å²) in [6.45, 7) is 0. The predicted molar refractivity (Wildman–Crippen MR) is 118 cm³/mol. The highest BCUT2D eigenvalue weighted by Gasteiger charge is 2.40. The fraction of sp³-hybridized carbons (Fsp3) is 0.217. The van der Waals surface area contributed by atoms with Crippen LogP contribution in [0.15, 0.2) is 60.7 Å². The number of thiophene rings is 1. The lowest BCUT2D eigenvalue weighted by molar-refractivity contribution is 0.0819. The summed E-state index contributed by atoms with van der Waals surface area (Å²) in [6, 6.07) is 19.5. The van der Waals surface area contributed by atoms with Crippen LogP contribution in [0.2, 0.25) is 0 Å². The molecule has 5 heteroatoms. The van der Waals surface area contributed by atoms with Gasteiger partial charge in [0.15, 0.2) is 5.11 Å². The molecule has 0 spiro atoms. The third-order valence-electron chi connectivity index (χ3n) is 5.54. The van der Waals surface area contributed by atoms with E-state index in [1.807, 2.05) is 59.9 Å². The molecule has 5 rings (SSSR count). The summed E-state index contributed by atoms with van der Waals surface area (Å²) in [6.07, 6.45) is 4.64. The normalized spacial score (nSPS) is 18.2. The summed E-state index contributed by atoms with van der Waals surface area (Å²) in [7, 11) is 0. The van der Waals surface area contributed by atoms with Gasteiger partial charge < -0.3 is 5.32 Å². The van der Waals surface area contributed by atoms with Gasteiger partial charge in [-0.25, -0.2) is 0 Å². The van der Waals surface area contributed by atoms with E-state index in [1.54, 1.807) is 4.90 Å². The van der Waals surface area contributed by atoms with Gasteiger partial charge in [0.2, 0.25) is 0 Å². The van der Waals surface area contributed by atoms with E-state index >= 15 is 0 Å². The van der Waals surface area contributed by atoms with Crippen molar-refractivity contribution < 1.29 is 4.79 Å². The fourth-order valence-corrected chi connectivity index (χ4v) is 5.93. The molecule has 1 amide bonds. The molecule has 140 valence electrons. The van der Waals surface area contributed by atoms with Gasteiger partial charge in [-0.15, -0.1) is 11.3 Å². The van der Waals surface area contributed by atoms with Gasteiger partial charge >= 0.3 is 0 Å². The van der Waals surface area contributed by atoms with Crippen LogP contribution in [-0.4, -0.2) is 15.9 Å². The Kier molecular flexibility index (Phi) is 4.49. The van der Waals surface area contributed by atoms with Gasteiger partial charge in [-0.1, -0.05) is 48.5 Å². The third kappa shape index (κ3) is 2.86. The van der Waals surface area contributed by atoms with Gasteiger partial charge in [0.25, 0.3) is 5.91 Å². The molecule has 1 unspecified atom stereocenters. The number of hydrogen-bond donors (Lipinski definition) is 1. The zero-order chi connectivity index (χ0) is 19.1. The number of anilines is 1. The molecule has 28 heavy (non-hydrogen) atoms. The van der Waals surface area contributed by atoms with Crippen molar-refractivity contribution in [2.75, 3.05) is 5.32 Å². The van der Waals surface area contributed by atoms with Crippen LogP contribution in [0.1, 0.15) is 50.8 Å². The molecular weight excluding hydrogens is 384 g/mol. The summed E-state index contributed by atoms with van der Waals surface area (Å²) < 4.78 is 0. The van der Waals surface area contributed by atoms with E-state index in [-0.39, 0.29) is 11.9 Å². The maximum absolute atomic E-state index is 13.5. The monoisotopic (exact) mass is 404 g/mol. The highest BCUT2D eigenvalue weighted by molar-refractivity contribution is 7.80. The Hall–Kier alpha value is -2.50. The number of nitrogens with zero attached hydrogens (tertiary/aromatic N) is 1. The van der Waals surface area contributed by atoms with E-state index in [1.165, 1.54) is 28.8 Å². The maximum Gasteiger partial charge on any atom is 0.260 e. The molecule has 2 aliphatic rings. The predicted octanol–water partition coefficient (Wildman–Crippen LogP) is 5.57. The first-order valence-electron chi connectivity index (χ1n) is 9.63. The summed E-state index contributed by atoms with van der Waals surface area (Å²) >= 11 is 7.51. The van der Waals surface area contributed by atoms with Crippen LogP contribution in [0.3, 0.4) is 0 Å². The Labute approximate surface area is 174 Å². The van der Waals surface area contributed by atoms with Crippen molar-refractivity contribution in [2.24, 2.45) is 0 Å². The SMILES string of the molecule is O=C(c1ccccc1)N1C(=S)Nc2sc3c(c2C1c1ccccc1)CCCC3. The molecule has 3 aromatic rings. The lowest BCUT2D eigenvalue weighted by atomic mass is 9.88. The van der Waals surface area contributed by atoms with Crippen molar-refractivity contribution in [3.05, 3.63) is 87.8 Å². The molecule has 2 aromatic carbocycles. The maximum atomic E-state index is 13.5. The van der Waals surface area contributed by atoms with Crippen LogP contribution >= 0.6 is 23.6 Å². The van der Waals surface area contributed by atoms with Crippen LogP contribution < -0.4 is 5.32 Å². The topological polar surface area (TPSA) is 32.3 Å². The van der Waals surface area contributed by atoms with Gasteiger partial charge in [-0.2, -0.15) is 0 Å². The number of carbonyl (C=O) groups is 1. The Balaban J connectivity index is 1.69. The van der Waals surface area contributed by atoms with Crippen molar-refractivity contribution >= 4 is 39.6 Å². The van der Waals surface area contributed by atoms with Crippen LogP contribution in [0.5, 0.6) is 0 Å². The molecule has 1 N–H and O–H groups in total. The second kappa shape index (κ2) is 7.15. The molecular formula is C23H20N2OS2. The summed E-state index contributed by atoms with van der Waals surface area (Å²) in [4.78, 5) is 16.7. The number of aryl methyl sites for hydroxylation is 1. The Morgan fingerprint density at radius 1 is 1.00 bits per heavy atom. The Morgan fingerprint density at radius 3 is 2.43 bits per heavy atom. The van der Waals surface area contributed by atoms with Gasteiger partial charge in [0, 0.05) is 16.0 Å². The van der Waals surface area contributed by atoms with E-state index in [2.05, 4.69) is 17.4 Å². The number of benzene rings is 2. The van der Waals surface area contributed by atoms with Gasteiger partial charge in [-0.05, 0) is 61.2 Å². The minimum atomic E-state index is -0.184. The molecule has 0 fully saturated rings. The molecule has 0 saturated carbocycles. The highest BCUT2D eigenvalue weighted by Crippen LogP contribution is 2.48. The highest BCUT2D eigenvalue weighted by atomic mass is 32.1. The summed E-state index contributed by atoms with van der Waals surface area (Å²) in [5, 5.41) is 4.97. The minimum Gasteiger partial charge on any atom is -0.324 e. The van der Waals surface area contributed by atoms with Crippen molar-refractivity contribution in [2.45, 2.75) is 31.7 Å². The molecule has 0 bridgehead atoms. The molecule has 3 nitrogen and oxygen atoms in total. The number of amides is 1. The van der Waals surface area contributed by atoms with Crippen molar-refractivity contribution in [3.63, 3.8) is 0 Å². The number of carbonyl (C=O) groups excluding carboxylic acids is 1. The van der Waals surface area contributed by atoms with Crippen LogP contribution in [-0.2, 0) is 12.8 Å². The molecule has 1 aliphatic heterocycles. The van der Waals surface area contributed by atoms with E-state index < -0.39 is 0 Å². The molecule has 0 radical (unpaired) electrons. The number of hydrogen-bond acceptors (Lipinski definition) is 3. The molecule has 1 aliphatic carbocycles. The molecule has 2 heterocycles. The fourth-order valence-electron chi connectivity index (χ4n) is 4.26. The molecule has 0 saturated heterocycles. The largest absolute Gasteiger partial charge is 0.324 e. The summed E-state index contributed by atoms with van der Waals surface area (Å²) in [5.74, 6) is -0.0617. The zero-order valence-corrected chi connectivity index (χ0v) is 17.0. The van der Waals surface area contributed by atoms with Gasteiger partial charge in [-0.3, -0.25) is 9.69 Å². The second-order valence-corrected chi connectivity index (χ2v) is 8.73. The van der Waals surface area contributed by atoms with E-state index in [4.69, 9.17) is 12.2 Å². The van der Waals surface area contributed by atoms with Gasteiger partial charge in [0.05, 0.1) is 6.04 Å². The number of rotatable bonds is 2. The Bertz CT molecular complexity index is 1040. The van der Waals surface area contributed by atoms with E-state index in [0.717, 1.165) is 23.4 Å². The first kappa shape index (κ1) is 17.6. The second-order valence-electron chi connectivity index (χ2n) is 7.24. The average molecular weight is 405 g/mol. The van der Waals surface area contributed by atoms with Crippen LogP contribution in [0.25, 0.3) is 0 Å². The quantitative estimate of drug-likeness (QED) is 0.567. The smallest absolute Gasteiger partial charge is 0.260 e. The molecule has 1 aromatic heterocycles. The zero-order valence-electron chi connectivity index (χ0n) is 15.4. The van der Waals surface area contributed by atoms with E-state index in [0.29, 0.717) is 10.7 Å². The van der Waals surface area contributed by atoms with Crippen molar-refractivity contribution in [3.8, 4) is 0 Å². The lowest BCUT2D eigenvalue weighted by Gasteiger charge is -2.37. The third-order valence-corrected chi connectivity index (χ3v) is 7.06. The van der Waals surface area contributed by atoms with Crippen molar-refractivity contribution in [1.82, 2.24) is 4.90 Å². The van der Waals surface area contributed by atoms with Crippen LogP contribution in [0, 0.1) is 0 Å². The standard InChI is InChI=1S/C23H20N2OS2/c26-22(16-11-5-2-6-12-16)25-20(15-9-3-1-4-10-15)19-17-13-7-8-14-18(17)28-21(19)24-23(25)27/h1-6,9-12,20H,7-8,13-14H2,(H,24,27). The Morgan fingerprint density at radius 2 is 1.68 bits per heavy atom. The first-order valence-corrected chi connectivity index (χ1v) is 10.9. The first-order chi connectivity index (χ1) is 13.7. The van der Waals surface area contributed by atoms with Crippen LogP contribution in [0.4, 0.5) is 5.00 Å². The number of thiocarbonyl (C=S) groups is 1. The average Bonchev–Trinajstić information content (AvgIpc) is 3.11. The lowest BCUT2D eigenvalue weighted by Crippen LogP contribution is -2.46. The number of fused-ring (bicyclic) bond motifs is 3. The van der Waals surface area contributed by atoms with Gasteiger partial charge in [0.1, 0.15) is 5.00 Å². The van der Waals surface area contributed by atoms with E-state index in [9.17, 15) is 4.79 Å². The van der Waals surface area contributed by atoms with Crippen molar-refractivity contribution in [1.29, 1.82) is 0 Å². The minimum absolute atomic E-state index is 0.0617. The summed E-state index contributed by atoms with van der Waals surface area (Å²) in [5.41, 5.74) is 4.41. The molecule has 1 atom stereocenters. The number of nitrogens with one attached hydrogen (secondary N) is 1.